The maximum absolute atomic E-state index is 8.62. The predicted octanol–water partition coefficient (Wildman–Crippen LogP) is -1.43. The summed E-state index contributed by atoms with van der Waals surface area (Å²) in [4.78, 5) is 0. The number of hydrogen-bond donors (Lipinski definition) is 1. The number of hydrogen-bond acceptors (Lipinski definition) is 3. The Morgan fingerprint density at radius 3 is 1.40 bits per heavy atom. The summed E-state index contributed by atoms with van der Waals surface area (Å²) in [6.45, 7) is 0. The van der Waals surface area contributed by atoms with E-state index in [1.165, 1.54) is 0 Å². The Morgan fingerprint density at radius 2 is 1.40 bits per heavy atom. The van der Waals surface area contributed by atoms with E-state index in [9.17, 15) is 0 Å². The Kier molecular flexibility index (Phi) is 7.97. The second-order valence-electron chi connectivity index (χ2n) is 0.224. The molecular weight excluding hydrogens is 271 g/mol. The van der Waals surface area contributed by atoms with Crippen molar-refractivity contribution in [3.8, 4) is 0 Å². The van der Waals surface area contributed by atoms with Crippen molar-refractivity contribution < 1.29 is 8.81 Å². The van der Waals surface area contributed by atoms with Gasteiger partial charge in [-0.15, -0.1) is 0 Å². The first-order chi connectivity index (χ1) is 1.73. The van der Waals surface area contributed by atoms with Gasteiger partial charge in [0.15, 0.2) is 0 Å². The average molecular weight is 275 g/mol. The van der Waals surface area contributed by atoms with Crippen LogP contribution in [-0.2, 0) is 5.63 Å². The molecule has 0 saturated carbocycles. The minimum absolute atomic E-state index is 0. The SMILES string of the molecule is [NH4+].[O]=[Bi](=[O])[O-]. The van der Waals surface area contributed by atoms with E-state index in [2.05, 4.69) is 0 Å². The minimum atomic E-state index is -4.34. The molecule has 0 aromatic rings. The fraction of sp³-hybridized carbons (Fsp3) is 0. The van der Waals surface area contributed by atoms with Crippen LogP contribution in [0.1, 0.15) is 0 Å². The van der Waals surface area contributed by atoms with Gasteiger partial charge in [0, 0.05) is 0 Å². The molecule has 0 aliphatic heterocycles. The van der Waals surface area contributed by atoms with Crippen molar-refractivity contribution in [3.05, 3.63) is 0 Å². The van der Waals surface area contributed by atoms with E-state index in [4.69, 9.17) is 8.81 Å². The molecule has 0 spiro atoms. The normalized spacial score (nSPS) is 5.00. The van der Waals surface area contributed by atoms with Crippen molar-refractivity contribution in [2.24, 2.45) is 0 Å². The monoisotopic (exact) mass is 275 g/mol. The van der Waals surface area contributed by atoms with E-state index in [1.54, 1.807) is 0 Å². The molecule has 0 aromatic carbocycles. The van der Waals surface area contributed by atoms with Crippen LogP contribution in [0.5, 0.6) is 0 Å². The molecule has 0 atom stereocenters. The van der Waals surface area contributed by atoms with Crippen molar-refractivity contribution in [1.29, 1.82) is 0 Å². The average Bonchev–Trinajstić information content (AvgIpc) is 0.811. The maximum atomic E-state index is 8.62. The van der Waals surface area contributed by atoms with Crippen molar-refractivity contribution in [3.63, 3.8) is 0 Å². The molecule has 32 valence electrons. The van der Waals surface area contributed by atoms with Crippen molar-refractivity contribution in [2.75, 3.05) is 0 Å². The van der Waals surface area contributed by atoms with Crippen LogP contribution in [0, 0.1) is 0 Å². The summed E-state index contributed by atoms with van der Waals surface area (Å²) in [6, 6.07) is 0. The van der Waals surface area contributed by atoms with Crippen LogP contribution in [0.15, 0.2) is 0 Å². The van der Waals surface area contributed by atoms with Crippen LogP contribution >= 0.6 is 0 Å². The quantitative estimate of drug-likeness (QED) is 0.549. The van der Waals surface area contributed by atoms with Crippen molar-refractivity contribution in [2.45, 2.75) is 0 Å². The third-order valence-electron chi connectivity index (χ3n) is 0. The Hall–Kier alpha value is 0.403. The predicted molar refractivity (Wildman–Crippen MR) is 13.1 cm³/mol. The van der Waals surface area contributed by atoms with Gasteiger partial charge in [-0.2, -0.15) is 0 Å². The topological polar surface area (TPSA) is 93.7 Å². The van der Waals surface area contributed by atoms with E-state index in [-0.39, 0.29) is 6.15 Å². The molecule has 0 fully saturated rings. The first-order valence-corrected chi connectivity index (χ1v) is 4.81. The zero-order valence-corrected chi connectivity index (χ0v) is 6.15. The first-order valence-electron chi connectivity index (χ1n) is 0.548. The first kappa shape index (κ1) is 9.05. The molecule has 0 amide bonds. The van der Waals surface area contributed by atoms with E-state index in [1.807, 2.05) is 0 Å². The molecule has 0 heterocycles. The van der Waals surface area contributed by atoms with Gasteiger partial charge in [0.1, 0.15) is 0 Å². The number of quaternary nitrogens is 1. The van der Waals surface area contributed by atoms with Crippen LogP contribution in [0.4, 0.5) is 0 Å². The van der Waals surface area contributed by atoms with Gasteiger partial charge in [-0.25, -0.2) is 0 Å². The summed E-state index contributed by atoms with van der Waals surface area (Å²) < 4.78 is 25.9. The molecule has 0 radical (unpaired) electrons. The molecule has 5 heavy (non-hydrogen) atoms. The van der Waals surface area contributed by atoms with Gasteiger partial charge in [-0.3, -0.25) is 0 Å². The summed E-state index contributed by atoms with van der Waals surface area (Å²) in [5, 5.41) is 0. The van der Waals surface area contributed by atoms with E-state index in [0.717, 1.165) is 0 Å². The third kappa shape index (κ3) is 156. The molecular formula is H4BiNO3. The summed E-state index contributed by atoms with van der Waals surface area (Å²) in [7, 11) is 0. The molecule has 0 unspecified atom stereocenters. The van der Waals surface area contributed by atoms with Crippen LogP contribution in [0.2, 0.25) is 0 Å². The van der Waals surface area contributed by atoms with E-state index < -0.39 is 22.2 Å². The van der Waals surface area contributed by atoms with Gasteiger partial charge in [-0.1, -0.05) is 0 Å². The zero-order valence-electron chi connectivity index (χ0n) is 2.67. The van der Waals surface area contributed by atoms with E-state index in [0.29, 0.717) is 0 Å². The molecule has 0 bridgehead atoms. The Morgan fingerprint density at radius 1 is 1.40 bits per heavy atom. The summed E-state index contributed by atoms with van der Waals surface area (Å²) in [5.41, 5.74) is 0. The summed E-state index contributed by atoms with van der Waals surface area (Å²) in [5.74, 6) is 0. The standard InChI is InChI=1S/Bi.H3N.3O/h;1H3;;;/q;;;;-1/p+1. The van der Waals surface area contributed by atoms with Gasteiger partial charge < -0.3 is 6.15 Å². The van der Waals surface area contributed by atoms with Crippen LogP contribution in [-0.4, -0.2) is 22.2 Å². The van der Waals surface area contributed by atoms with E-state index >= 15 is 0 Å². The summed E-state index contributed by atoms with van der Waals surface area (Å²) >= 11 is -4.34. The van der Waals surface area contributed by atoms with Gasteiger partial charge in [0.2, 0.25) is 0 Å². The Labute approximate surface area is 37.6 Å². The van der Waals surface area contributed by atoms with Gasteiger partial charge in [-0.05, 0) is 0 Å². The molecule has 4 N–H and O–H groups in total. The second-order valence-corrected chi connectivity index (χ2v) is 1.96. The molecule has 0 saturated heterocycles. The Balaban J connectivity index is 0. The van der Waals surface area contributed by atoms with Crippen LogP contribution in [0.25, 0.3) is 0 Å². The van der Waals surface area contributed by atoms with Gasteiger partial charge >= 0.3 is 31.0 Å². The molecule has 5 heteroatoms. The molecule has 0 rings (SSSR count). The third-order valence-corrected chi connectivity index (χ3v) is 0. The van der Waals surface area contributed by atoms with Gasteiger partial charge in [0.25, 0.3) is 0 Å². The molecule has 0 aliphatic rings. The van der Waals surface area contributed by atoms with Crippen molar-refractivity contribution >= 4 is 22.2 Å². The van der Waals surface area contributed by atoms with Crippen molar-refractivity contribution in [1.82, 2.24) is 6.15 Å². The van der Waals surface area contributed by atoms with Gasteiger partial charge in [0.05, 0.1) is 0 Å². The Bertz CT molecular complexity index is 55.3. The fourth-order valence-corrected chi connectivity index (χ4v) is 0. The van der Waals surface area contributed by atoms with Crippen LogP contribution < -0.4 is 9.33 Å². The fourth-order valence-electron chi connectivity index (χ4n) is 0. The molecule has 4 nitrogen and oxygen atoms in total. The molecule has 0 aromatic heterocycles. The van der Waals surface area contributed by atoms with Crippen LogP contribution in [0.3, 0.4) is 0 Å². The summed E-state index contributed by atoms with van der Waals surface area (Å²) in [6.07, 6.45) is 0. The number of rotatable bonds is 0. The molecule has 0 aliphatic carbocycles. The second kappa shape index (κ2) is 4.40. The zero-order chi connectivity index (χ0) is 3.58.